The van der Waals surface area contributed by atoms with E-state index in [2.05, 4.69) is 16.2 Å². The molecule has 8 heteroatoms. The summed E-state index contributed by atoms with van der Waals surface area (Å²) in [5.41, 5.74) is 2.85. The first kappa shape index (κ1) is 23.1. The van der Waals surface area contributed by atoms with Gasteiger partial charge in [0.1, 0.15) is 0 Å². The van der Waals surface area contributed by atoms with Crippen LogP contribution in [0.2, 0.25) is 5.02 Å². The fourth-order valence-corrected chi connectivity index (χ4v) is 5.31. The molecule has 3 aromatic rings. The van der Waals surface area contributed by atoms with Gasteiger partial charge in [-0.15, -0.1) is 0 Å². The van der Waals surface area contributed by atoms with E-state index in [-0.39, 0.29) is 4.90 Å². The SMILES string of the molecule is CCCCNS(=O)(=O)c1ccc2c(c1)nc(SCc1ccc(Cl)cc1)n2CCCC. The maximum atomic E-state index is 12.6. The van der Waals surface area contributed by atoms with E-state index in [1.165, 1.54) is 5.56 Å². The van der Waals surface area contributed by atoms with E-state index in [0.29, 0.717) is 12.1 Å². The fourth-order valence-electron chi connectivity index (χ4n) is 3.09. The van der Waals surface area contributed by atoms with E-state index < -0.39 is 10.0 Å². The van der Waals surface area contributed by atoms with E-state index >= 15 is 0 Å². The van der Waals surface area contributed by atoms with Gasteiger partial charge in [0.25, 0.3) is 0 Å². The summed E-state index contributed by atoms with van der Waals surface area (Å²) in [6, 6.07) is 13.0. The first-order valence-electron chi connectivity index (χ1n) is 10.3. The van der Waals surface area contributed by atoms with Crippen LogP contribution in [-0.2, 0) is 22.3 Å². The van der Waals surface area contributed by atoms with E-state index in [0.717, 1.165) is 53.7 Å². The molecule has 0 spiro atoms. The Kier molecular flexibility index (Phi) is 8.22. The molecule has 3 rings (SSSR count). The van der Waals surface area contributed by atoms with Gasteiger partial charge in [0.15, 0.2) is 5.16 Å². The average Bonchev–Trinajstić information content (AvgIpc) is 3.08. The number of sulfonamides is 1. The molecule has 0 amide bonds. The maximum absolute atomic E-state index is 12.6. The topological polar surface area (TPSA) is 64.0 Å². The molecule has 0 unspecified atom stereocenters. The second-order valence-corrected chi connectivity index (χ2v) is 10.4. The molecule has 1 N–H and O–H groups in total. The Hall–Kier alpha value is -1.54. The molecular weight excluding hydrogens is 438 g/mol. The number of hydrogen-bond donors (Lipinski definition) is 1. The van der Waals surface area contributed by atoms with Crippen molar-refractivity contribution in [2.24, 2.45) is 0 Å². The highest BCUT2D eigenvalue weighted by molar-refractivity contribution is 7.98. The van der Waals surface area contributed by atoms with Crippen molar-refractivity contribution < 1.29 is 8.42 Å². The summed E-state index contributed by atoms with van der Waals surface area (Å²) in [5.74, 6) is 0.774. The highest BCUT2D eigenvalue weighted by atomic mass is 35.5. The third kappa shape index (κ3) is 5.78. The Morgan fingerprint density at radius 2 is 1.80 bits per heavy atom. The predicted octanol–water partition coefficient (Wildman–Crippen LogP) is 5.86. The number of aryl methyl sites for hydroxylation is 1. The number of halogens is 1. The van der Waals surface area contributed by atoms with Crippen LogP contribution in [-0.4, -0.2) is 24.5 Å². The highest BCUT2D eigenvalue weighted by Gasteiger charge is 2.17. The van der Waals surface area contributed by atoms with E-state index in [4.69, 9.17) is 16.6 Å². The van der Waals surface area contributed by atoms with Gasteiger partial charge in [0.05, 0.1) is 15.9 Å². The number of benzene rings is 2. The van der Waals surface area contributed by atoms with Crippen LogP contribution in [0.3, 0.4) is 0 Å². The molecule has 30 heavy (non-hydrogen) atoms. The van der Waals surface area contributed by atoms with Crippen molar-refractivity contribution in [2.45, 2.75) is 61.9 Å². The summed E-state index contributed by atoms with van der Waals surface area (Å²) in [6.45, 7) is 5.50. The van der Waals surface area contributed by atoms with Crippen LogP contribution in [0.25, 0.3) is 11.0 Å². The second kappa shape index (κ2) is 10.7. The van der Waals surface area contributed by atoms with Crippen LogP contribution >= 0.6 is 23.4 Å². The zero-order valence-corrected chi connectivity index (χ0v) is 19.8. The third-order valence-electron chi connectivity index (χ3n) is 4.83. The molecule has 0 aliphatic rings. The van der Waals surface area contributed by atoms with Gasteiger partial charge in [-0.2, -0.15) is 0 Å². The summed E-state index contributed by atoms with van der Waals surface area (Å²) in [4.78, 5) is 5.04. The Labute approximate surface area is 188 Å². The van der Waals surface area contributed by atoms with Gasteiger partial charge in [-0.05, 0) is 48.7 Å². The number of imidazole rings is 1. The lowest BCUT2D eigenvalue weighted by Gasteiger charge is -2.09. The van der Waals surface area contributed by atoms with Crippen molar-refractivity contribution in [2.75, 3.05) is 6.54 Å². The summed E-state index contributed by atoms with van der Waals surface area (Å²) in [6.07, 6.45) is 3.88. The van der Waals surface area contributed by atoms with Gasteiger partial charge in [-0.25, -0.2) is 18.1 Å². The molecule has 5 nitrogen and oxygen atoms in total. The molecular formula is C22H28ClN3O2S2. The van der Waals surface area contributed by atoms with Crippen LogP contribution < -0.4 is 4.72 Å². The van der Waals surface area contributed by atoms with Gasteiger partial charge in [-0.3, -0.25) is 0 Å². The highest BCUT2D eigenvalue weighted by Crippen LogP contribution is 2.29. The van der Waals surface area contributed by atoms with Crippen LogP contribution in [0, 0.1) is 0 Å². The molecule has 0 atom stereocenters. The number of nitrogens with one attached hydrogen (secondary N) is 1. The van der Waals surface area contributed by atoms with Crippen LogP contribution in [0.4, 0.5) is 0 Å². The van der Waals surface area contributed by atoms with E-state index in [9.17, 15) is 8.42 Å². The standard InChI is InChI=1S/C22H28ClN3O2S2/c1-3-5-13-24-30(27,28)19-11-12-21-20(15-19)25-22(26(21)14-6-4-2)29-16-17-7-9-18(23)10-8-17/h7-12,15,24H,3-6,13-14,16H2,1-2H3. The van der Waals surface area contributed by atoms with Crippen molar-refractivity contribution in [1.82, 2.24) is 14.3 Å². The number of aromatic nitrogens is 2. The Morgan fingerprint density at radius 3 is 2.50 bits per heavy atom. The van der Waals surface area contributed by atoms with Crippen molar-refractivity contribution in [1.29, 1.82) is 0 Å². The van der Waals surface area contributed by atoms with Crippen LogP contribution in [0.15, 0.2) is 52.5 Å². The predicted molar refractivity (Wildman–Crippen MR) is 126 cm³/mol. The Bertz CT molecular complexity index is 1080. The number of unbranched alkanes of at least 4 members (excludes halogenated alkanes) is 2. The third-order valence-corrected chi connectivity index (χ3v) is 7.59. The largest absolute Gasteiger partial charge is 0.319 e. The number of hydrogen-bond acceptors (Lipinski definition) is 4. The monoisotopic (exact) mass is 465 g/mol. The van der Waals surface area contributed by atoms with Crippen LogP contribution in [0.5, 0.6) is 0 Å². The Balaban J connectivity index is 1.88. The molecule has 2 aromatic carbocycles. The second-order valence-electron chi connectivity index (χ2n) is 7.22. The van der Waals surface area contributed by atoms with E-state index in [1.807, 2.05) is 37.3 Å². The first-order chi connectivity index (χ1) is 14.4. The molecule has 0 fully saturated rings. The van der Waals surface area contributed by atoms with Gasteiger partial charge in [-0.1, -0.05) is 62.2 Å². The molecule has 0 radical (unpaired) electrons. The number of rotatable bonds is 11. The van der Waals surface area contributed by atoms with Crippen molar-refractivity contribution >= 4 is 44.4 Å². The molecule has 0 aliphatic heterocycles. The molecule has 0 bridgehead atoms. The minimum Gasteiger partial charge on any atom is -0.319 e. The molecule has 1 heterocycles. The normalized spacial score (nSPS) is 12.0. The quantitative estimate of drug-likeness (QED) is 0.284. The lowest BCUT2D eigenvalue weighted by molar-refractivity contribution is 0.578. The smallest absolute Gasteiger partial charge is 0.240 e. The van der Waals surface area contributed by atoms with Crippen molar-refractivity contribution in [3.8, 4) is 0 Å². The summed E-state index contributed by atoms with van der Waals surface area (Å²) < 4.78 is 30.0. The molecule has 0 saturated carbocycles. The minimum absolute atomic E-state index is 0.264. The summed E-state index contributed by atoms with van der Waals surface area (Å²) in [5, 5.41) is 1.63. The number of nitrogens with zero attached hydrogens (tertiary/aromatic N) is 2. The first-order valence-corrected chi connectivity index (χ1v) is 13.2. The average molecular weight is 466 g/mol. The Morgan fingerprint density at radius 1 is 1.07 bits per heavy atom. The van der Waals surface area contributed by atoms with Crippen LogP contribution in [0.1, 0.15) is 45.1 Å². The fraction of sp³-hybridized carbons (Fsp3) is 0.409. The van der Waals surface area contributed by atoms with E-state index in [1.54, 1.807) is 23.9 Å². The van der Waals surface area contributed by atoms with Gasteiger partial charge < -0.3 is 4.57 Å². The van der Waals surface area contributed by atoms with Gasteiger partial charge in [0, 0.05) is 23.9 Å². The van der Waals surface area contributed by atoms with Gasteiger partial charge in [0.2, 0.25) is 10.0 Å². The number of thioether (sulfide) groups is 1. The zero-order chi connectivity index (χ0) is 21.6. The van der Waals surface area contributed by atoms with Gasteiger partial charge >= 0.3 is 0 Å². The van der Waals surface area contributed by atoms with Crippen molar-refractivity contribution in [3.63, 3.8) is 0 Å². The zero-order valence-electron chi connectivity index (χ0n) is 17.4. The summed E-state index contributed by atoms with van der Waals surface area (Å²) in [7, 11) is -3.52. The summed E-state index contributed by atoms with van der Waals surface area (Å²) >= 11 is 7.63. The lowest BCUT2D eigenvalue weighted by Crippen LogP contribution is -2.24. The number of fused-ring (bicyclic) bond motifs is 1. The lowest BCUT2D eigenvalue weighted by atomic mass is 10.2. The molecule has 1 aromatic heterocycles. The molecule has 162 valence electrons. The molecule has 0 aliphatic carbocycles. The molecule has 0 saturated heterocycles. The minimum atomic E-state index is -3.52. The maximum Gasteiger partial charge on any atom is 0.240 e. The van der Waals surface area contributed by atoms with Crippen molar-refractivity contribution in [3.05, 3.63) is 53.1 Å².